The normalized spacial score (nSPS) is 14.8. The maximum atomic E-state index is 14.7. The maximum Gasteiger partial charge on any atom is 0.305 e. The molecule has 37 heteroatoms. The molecule has 2 rings (SSSR count). The van der Waals surface area contributed by atoms with Gasteiger partial charge in [0.05, 0.1) is 25.5 Å². The summed E-state index contributed by atoms with van der Waals surface area (Å²) in [5.74, 6) is -13.5. The zero-order valence-electron chi connectivity index (χ0n) is 57.1. The summed E-state index contributed by atoms with van der Waals surface area (Å²) in [6.07, 6.45) is 2.00. The summed E-state index contributed by atoms with van der Waals surface area (Å²) >= 11 is 1.25. The number of nitrogens with one attached hydrogen (secondary N) is 15. The summed E-state index contributed by atoms with van der Waals surface area (Å²) in [6, 6.07) is -10.2. The molecule has 0 radical (unpaired) electrons. The fourth-order valence-corrected chi connectivity index (χ4v) is 10.5. The van der Waals surface area contributed by atoms with Crippen molar-refractivity contribution in [1.29, 1.82) is 10.8 Å². The lowest BCUT2D eigenvalue weighted by Gasteiger charge is -2.29. The third-order valence-electron chi connectivity index (χ3n) is 15.2. The molecule has 0 saturated heterocycles. The molecule has 0 saturated carbocycles. The number of carboxylic acids is 1. The number of phenolic OH excluding ortho intramolecular Hbond substituents is 1. The van der Waals surface area contributed by atoms with E-state index in [4.69, 9.17) is 33.8 Å². The Labute approximate surface area is 579 Å². The average Bonchev–Trinajstić information content (AvgIpc) is 0.880. The van der Waals surface area contributed by atoms with E-state index >= 15 is 0 Å². The number of phenols is 1. The van der Waals surface area contributed by atoms with Gasteiger partial charge in [0.2, 0.25) is 65.0 Å². The molecular formula is C62H104N20O16S. The highest BCUT2D eigenvalue weighted by atomic mass is 32.2. The number of carboxylic acid groups (broad SMARTS) is 1. The summed E-state index contributed by atoms with van der Waals surface area (Å²) in [6.45, 7) is 9.45. The minimum atomic E-state index is -2.04. The number of imidazole rings is 1. The number of hydrogen-bond acceptors (Lipinski definition) is 20. The van der Waals surface area contributed by atoms with Crippen LogP contribution >= 0.6 is 11.8 Å². The van der Waals surface area contributed by atoms with E-state index in [0.717, 1.165) is 6.92 Å². The number of H-pyrrole nitrogens is 1. The molecule has 2 aromatic rings. The monoisotopic (exact) mass is 1420 g/mol. The van der Waals surface area contributed by atoms with Crippen LogP contribution in [0, 0.1) is 28.6 Å². The Hall–Kier alpha value is -9.36. The highest BCUT2D eigenvalue weighted by Crippen LogP contribution is 2.16. The fraction of sp³-hybridized carbons (Fsp3) is 0.629. The maximum absolute atomic E-state index is 14.7. The standard InChI is InChI=1S/C62H104N20O16S/c1-32(2)24-34(5)51(89)73-40(13-10-21-70-61(65)66)54(92)81-47(30-83)59(97)76-42(19-23-99-7)55(93)82-49(35(6)84)60(98)80-46(28-48(86)87)58(96)74-39(12-8-9-20-63)52(90)79-45(26-36-15-17-38(85)18-16-36)57(95)75-41(14-11-22-71-62(67)68)53(91)78-44(25-33(3)4)56(94)77-43(50(64)88)27-37-29-69-31-72-37/h15-18,29,31-35,39-47,49,83-85H,8-14,19-28,30,63H2,1-7H3,(H2,64,88)(H,69,72)(H,73,89)(H,74,96)(H,75,95)(H,76,97)(H,77,94)(H,78,91)(H,79,90)(H,80,98)(H,81,92)(H,82,93)(H,86,87)(H4,65,66,70)(H4,67,68,71)/t34-,35+,39-,40-,41-,42-,43-,44-,45-,46-,47-,49-/m0/s1. The van der Waals surface area contributed by atoms with Gasteiger partial charge in [-0.25, -0.2) is 4.98 Å². The topological polar surface area (TPSA) is 611 Å². The molecule has 554 valence electrons. The number of aliphatic hydroxyl groups is 2. The number of thioether (sulfide) groups is 1. The Morgan fingerprint density at radius 3 is 1.43 bits per heavy atom. The lowest BCUT2D eigenvalue weighted by Crippen LogP contribution is -2.62. The number of guanidine groups is 2. The number of hydrogen-bond donors (Lipinski definition) is 23. The van der Waals surface area contributed by atoms with Crippen LogP contribution in [0.25, 0.3) is 0 Å². The van der Waals surface area contributed by atoms with Crippen molar-refractivity contribution in [2.75, 3.05) is 38.2 Å². The van der Waals surface area contributed by atoms with Crippen molar-refractivity contribution in [2.24, 2.45) is 40.7 Å². The van der Waals surface area contributed by atoms with E-state index in [1.54, 1.807) is 27.0 Å². The first-order valence-electron chi connectivity index (χ1n) is 32.6. The number of carbonyl (C=O) groups is 12. The Balaban J connectivity index is 2.52. The molecule has 0 fully saturated rings. The molecule has 0 aliphatic rings. The van der Waals surface area contributed by atoms with Crippen LogP contribution in [0.2, 0.25) is 0 Å². The quantitative estimate of drug-likeness (QED) is 0.0168. The van der Waals surface area contributed by atoms with Gasteiger partial charge in [0.1, 0.15) is 66.2 Å². The Morgan fingerprint density at radius 1 is 0.535 bits per heavy atom. The highest BCUT2D eigenvalue weighted by molar-refractivity contribution is 7.98. The molecule has 0 unspecified atom stereocenters. The van der Waals surface area contributed by atoms with Crippen LogP contribution in [0.3, 0.4) is 0 Å². The number of carbonyl (C=O) groups excluding carboxylic acids is 11. The third-order valence-corrected chi connectivity index (χ3v) is 15.9. The smallest absolute Gasteiger partial charge is 0.305 e. The van der Waals surface area contributed by atoms with Crippen LogP contribution in [-0.2, 0) is 70.4 Å². The van der Waals surface area contributed by atoms with E-state index in [1.165, 1.54) is 48.6 Å². The van der Waals surface area contributed by atoms with Gasteiger partial charge in [0, 0.05) is 43.7 Å². The number of aromatic nitrogens is 2. The summed E-state index contributed by atoms with van der Waals surface area (Å²) in [7, 11) is 0. The second kappa shape index (κ2) is 45.3. The van der Waals surface area contributed by atoms with Crippen molar-refractivity contribution in [2.45, 2.75) is 192 Å². The van der Waals surface area contributed by atoms with E-state index in [2.05, 4.69) is 73.8 Å². The van der Waals surface area contributed by atoms with Crippen molar-refractivity contribution in [3.8, 4) is 5.75 Å². The van der Waals surface area contributed by atoms with Crippen LogP contribution in [0.5, 0.6) is 5.75 Å². The van der Waals surface area contributed by atoms with Gasteiger partial charge in [0.25, 0.3) is 0 Å². The number of nitrogens with zero attached hydrogens (tertiary/aromatic N) is 1. The van der Waals surface area contributed by atoms with E-state index in [-0.39, 0.29) is 120 Å². The number of primary amides is 1. The van der Waals surface area contributed by atoms with E-state index in [9.17, 15) is 78.0 Å². The number of aliphatic carboxylic acids is 1. The van der Waals surface area contributed by atoms with Crippen molar-refractivity contribution in [1.82, 2.24) is 73.8 Å². The second-order valence-corrected chi connectivity index (χ2v) is 25.8. The summed E-state index contributed by atoms with van der Waals surface area (Å²) in [4.78, 5) is 173. The summed E-state index contributed by atoms with van der Waals surface area (Å²) in [5, 5.41) is 86.7. The molecule has 0 spiro atoms. The molecule has 1 aromatic carbocycles. The average molecular weight is 1420 g/mol. The molecule has 99 heavy (non-hydrogen) atoms. The van der Waals surface area contributed by atoms with Gasteiger partial charge in [-0.2, -0.15) is 11.8 Å². The molecule has 36 nitrogen and oxygen atoms in total. The van der Waals surface area contributed by atoms with Gasteiger partial charge in [-0.15, -0.1) is 0 Å². The number of nitrogens with two attached hydrogens (primary N) is 4. The van der Waals surface area contributed by atoms with Gasteiger partial charge >= 0.3 is 5.97 Å². The van der Waals surface area contributed by atoms with Crippen LogP contribution < -0.4 is 86.7 Å². The molecule has 1 aromatic heterocycles. The summed E-state index contributed by atoms with van der Waals surface area (Å²) in [5.41, 5.74) is 23.2. The number of aliphatic hydroxyl groups excluding tert-OH is 2. The largest absolute Gasteiger partial charge is 0.508 e. The zero-order chi connectivity index (χ0) is 74.5. The Kier molecular flexibility index (Phi) is 39.2. The van der Waals surface area contributed by atoms with Crippen molar-refractivity contribution >= 4 is 94.6 Å². The predicted octanol–water partition coefficient (Wildman–Crippen LogP) is -4.78. The van der Waals surface area contributed by atoms with E-state index in [1.807, 2.05) is 13.8 Å². The van der Waals surface area contributed by atoms with Crippen molar-refractivity contribution in [3.05, 3.63) is 48.0 Å². The van der Waals surface area contributed by atoms with Gasteiger partial charge in [-0.3, -0.25) is 68.4 Å². The molecule has 1 heterocycles. The predicted molar refractivity (Wildman–Crippen MR) is 366 cm³/mol. The van der Waals surface area contributed by atoms with Crippen LogP contribution in [0.15, 0.2) is 36.8 Å². The van der Waals surface area contributed by atoms with Crippen LogP contribution in [0.4, 0.5) is 0 Å². The van der Waals surface area contributed by atoms with Crippen LogP contribution in [0.1, 0.15) is 123 Å². The van der Waals surface area contributed by atoms with Crippen molar-refractivity contribution in [3.63, 3.8) is 0 Å². The molecule has 12 atom stereocenters. The fourth-order valence-electron chi connectivity index (χ4n) is 10.0. The first-order chi connectivity index (χ1) is 46.7. The van der Waals surface area contributed by atoms with Gasteiger partial charge in [0.15, 0.2) is 11.9 Å². The van der Waals surface area contributed by atoms with Crippen molar-refractivity contribution < 1.29 is 78.0 Å². The lowest BCUT2D eigenvalue weighted by molar-refractivity contribution is -0.142. The number of benzene rings is 1. The van der Waals surface area contributed by atoms with Crippen LogP contribution in [-0.4, -0.2) is 218 Å². The van der Waals surface area contributed by atoms with E-state index < -0.39 is 162 Å². The molecule has 27 N–H and O–H groups in total. The Morgan fingerprint density at radius 2 is 0.970 bits per heavy atom. The second-order valence-electron chi connectivity index (χ2n) is 24.8. The number of rotatable bonds is 48. The SMILES string of the molecule is CSCC[C@H](NC(=O)[C@H](CO)NC(=O)[C@H](CCCNC(=N)N)NC(=O)[C@@H](C)CC(C)C)C(=O)N[C@H](C(=O)N[C@@H](CC(=O)O)C(=O)N[C@@H](CCCCN)C(=O)N[C@@H](Cc1ccc(O)cc1)C(=O)N[C@@H](CCCNC(=N)N)C(=O)N[C@@H](CC(C)C)C(=O)N[C@@H](Cc1cnc[nH]1)C(N)=O)[C@@H](C)O. The molecular weight excluding hydrogens is 1310 g/mol. The summed E-state index contributed by atoms with van der Waals surface area (Å²) < 4.78 is 0. The third kappa shape index (κ3) is 33.6. The number of aromatic amines is 1. The Bertz CT molecular complexity index is 2980. The number of unbranched alkanes of at least 4 members (excludes halogenated alkanes) is 1. The van der Waals surface area contributed by atoms with Gasteiger partial charge in [-0.05, 0) is 119 Å². The first-order valence-corrected chi connectivity index (χ1v) is 34.0. The molecule has 0 bridgehead atoms. The minimum absolute atomic E-state index is 0.0122. The minimum Gasteiger partial charge on any atom is -0.508 e. The highest BCUT2D eigenvalue weighted by Gasteiger charge is 2.38. The van der Waals surface area contributed by atoms with Gasteiger partial charge in [-0.1, -0.05) is 46.8 Å². The molecule has 0 aliphatic heterocycles. The lowest BCUT2D eigenvalue weighted by atomic mass is 9.97. The number of amides is 11. The zero-order valence-corrected chi connectivity index (χ0v) is 57.9. The first kappa shape index (κ1) is 85.7. The molecule has 11 amide bonds. The number of aromatic hydroxyl groups is 1. The van der Waals surface area contributed by atoms with E-state index in [0.29, 0.717) is 17.7 Å². The molecule has 0 aliphatic carbocycles. The van der Waals surface area contributed by atoms with Gasteiger partial charge < -0.3 is 112 Å².